The van der Waals surface area contributed by atoms with Crippen molar-refractivity contribution in [3.05, 3.63) is 58.6 Å². The molecule has 0 unspecified atom stereocenters. The van der Waals surface area contributed by atoms with Crippen LogP contribution in [-0.4, -0.2) is 12.3 Å². The van der Waals surface area contributed by atoms with Gasteiger partial charge in [-0.1, -0.05) is 36.7 Å². The van der Waals surface area contributed by atoms with E-state index in [9.17, 15) is 13.2 Å². The van der Waals surface area contributed by atoms with Crippen LogP contribution in [0.15, 0.2) is 42.5 Å². The van der Waals surface area contributed by atoms with Crippen LogP contribution in [0.1, 0.15) is 18.1 Å². The van der Waals surface area contributed by atoms with E-state index in [-0.39, 0.29) is 11.5 Å². The summed E-state index contributed by atoms with van der Waals surface area (Å²) in [5, 5.41) is 0.298. The molecule has 24 heavy (non-hydrogen) atoms. The lowest BCUT2D eigenvalue weighted by molar-refractivity contribution is -0.180. The number of fused-ring (bicyclic) bond motifs is 1. The Morgan fingerprint density at radius 2 is 1.88 bits per heavy atom. The maximum atomic E-state index is 12.8. The highest BCUT2D eigenvalue weighted by atomic mass is 35.5. The standard InChI is InChI=1S/C18H14ClF3O2/c1-2-11-3-6-13(7-4-11)23-16-10-15-12(9-14(16)19)5-8-17(24-15)18(20,21)22/h3-10,17H,2H2,1H3/t17-/m1/s1. The third kappa shape index (κ3) is 3.51. The van der Waals surface area contributed by atoms with Crippen LogP contribution >= 0.6 is 11.6 Å². The first-order chi connectivity index (χ1) is 11.4. The van der Waals surface area contributed by atoms with Crippen molar-refractivity contribution in [3.63, 3.8) is 0 Å². The van der Waals surface area contributed by atoms with Crippen LogP contribution in [0.4, 0.5) is 13.2 Å². The van der Waals surface area contributed by atoms with Crippen molar-refractivity contribution >= 4 is 17.7 Å². The summed E-state index contributed by atoms with van der Waals surface area (Å²) in [6.45, 7) is 2.04. The third-order valence-corrected chi connectivity index (χ3v) is 3.95. The number of ether oxygens (including phenoxy) is 2. The second-order valence-electron chi connectivity index (χ2n) is 5.36. The van der Waals surface area contributed by atoms with Crippen LogP contribution < -0.4 is 9.47 Å². The fraction of sp³-hybridized carbons (Fsp3) is 0.222. The number of alkyl halides is 3. The van der Waals surface area contributed by atoms with Gasteiger partial charge in [-0.2, -0.15) is 13.2 Å². The molecule has 0 N–H and O–H groups in total. The number of hydrogen-bond donors (Lipinski definition) is 0. The fourth-order valence-electron chi connectivity index (χ4n) is 2.32. The van der Waals surface area contributed by atoms with E-state index in [1.165, 1.54) is 18.2 Å². The van der Waals surface area contributed by atoms with Gasteiger partial charge in [0.1, 0.15) is 17.2 Å². The summed E-state index contributed by atoms with van der Waals surface area (Å²) in [5.74, 6) is 0.882. The van der Waals surface area contributed by atoms with Crippen molar-refractivity contribution in [2.45, 2.75) is 25.6 Å². The highest BCUT2D eigenvalue weighted by Gasteiger charge is 2.41. The highest BCUT2D eigenvalue weighted by Crippen LogP contribution is 2.40. The molecule has 2 aromatic carbocycles. The van der Waals surface area contributed by atoms with Gasteiger partial charge < -0.3 is 9.47 Å². The molecule has 126 valence electrons. The lowest BCUT2D eigenvalue weighted by atomic mass is 10.1. The van der Waals surface area contributed by atoms with E-state index in [0.29, 0.717) is 16.3 Å². The molecular weight excluding hydrogens is 341 g/mol. The molecule has 0 fully saturated rings. The molecule has 1 heterocycles. The second-order valence-corrected chi connectivity index (χ2v) is 5.77. The van der Waals surface area contributed by atoms with Crippen LogP contribution in [0, 0.1) is 0 Å². The van der Waals surface area contributed by atoms with Crippen molar-refractivity contribution in [3.8, 4) is 17.2 Å². The van der Waals surface area contributed by atoms with E-state index >= 15 is 0 Å². The first-order valence-corrected chi connectivity index (χ1v) is 7.76. The van der Waals surface area contributed by atoms with Crippen molar-refractivity contribution in [2.24, 2.45) is 0 Å². The van der Waals surface area contributed by atoms with Gasteiger partial charge in [0.2, 0.25) is 6.10 Å². The maximum Gasteiger partial charge on any atom is 0.429 e. The van der Waals surface area contributed by atoms with Gasteiger partial charge in [0.15, 0.2) is 0 Å². The maximum absolute atomic E-state index is 12.8. The van der Waals surface area contributed by atoms with Gasteiger partial charge in [0.05, 0.1) is 5.02 Å². The molecule has 1 aliphatic heterocycles. The molecule has 1 atom stereocenters. The first-order valence-electron chi connectivity index (χ1n) is 7.38. The minimum absolute atomic E-state index is 0.0874. The quantitative estimate of drug-likeness (QED) is 0.669. The predicted molar refractivity (Wildman–Crippen MR) is 86.9 cm³/mol. The van der Waals surface area contributed by atoms with E-state index in [1.807, 2.05) is 19.1 Å². The molecule has 0 saturated carbocycles. The lowest BCUT2D eigenvalue weighted by Crippen LogP contribution is -2.33. The van der Waals surface area contributed by atoms with Crippen molar-refractivity contribution < 1.29 is 22.6 Å². The van der Waals surface area contributed by atoms with Gasteiger partial charge in [-0.25, -0.2) is 0 Å². The molecule has 0 spiro atoms. The minimum Gasteiger partial charge on any atom is -0.476 e. The Bertz CT molecular complexity index is 767. The smallest absolute Gasteiger partial charge is 0.429 e. The Hall–Kier alpha value is -2.14. The molecule has 1 aliphatic rings. The normalized spacial score (nSPS) is 16.5. The summed E-state index contributed by atoms with van der Waals surface area (Å²) in [6, 6.07) is 10.3. The fourth-order valence-corrected chi connectivity index (χ4v) is 2.53. The molecule has 0 aromatic heterocycles. The van der Waals surface area contributed by atoms with Crippen LogP contribution in [0.5, 0.6) is 17.2 Å². The van der Waals surface area contributed by atoms with Gasteiger partial charge in [-0.3, -0.25) is 0 Å². The summed E-state index contributed by atoms with van der Waals surface area (Å²) in [6.07, 6.45) is -3.22. The largest absolute Gasteiger partial charge is 0.476 e. The number of benzene rings is 2. The molecule has 2 nitrogen and oxygen atoms in total. The molecule has 0 bridgehead atoms. The van der Waals surface area contributed by atoms with Gasteiger partial charge in [-0.05, 0) is 36.3 Å². The van der Waals surface area contributed by atoms with Crippen molar-refractivity contribution in [1.29, 1.82) is 0 Å². The SMILES string of the molecule is CCc1ccc(Oc2cc3c(cc2Cl)C=C[C@H](C(F)(F)F)O3)cc1. The number of halogens is 4. The zero-order chi connectivity index (χ0) is 17.3. The molecule has 0 saturated heterocycles. The zero-order valence-electron chi connectivity index (χ0n) is 12.7. The third-order valence-electron chi connectivity index (χ3n) is 3.65. The Balaban J connectivity index is 1.87. The molecule has 0 aliphatic carbocycles. The van der Waals surface area contributed by atoms with Crippen LogP contribution in [0.2, 0.25) is 5.02 Å². The average Bonchev–Trinajstić information content (AvgIpc) is 2.55. The van der Waals surface area contributed by atoms with Crippen LogP contribution in [0.3, 0.4) is 0 Å². The van der Waals surface area contributed by atoms with Crippen LogP contribution in [0.25, 0.3) is 6.08 Å². The molecule has 0 amide bonds. The van der Waals surface area contributed by atoms with E-state index in [2.05, 4.69) is 0 Å². The van der Waals surface area contributed by atoms with Gasteiger partial charge in [0, 0.05) is 11.6 Å². The van der Waals surface area contributed by atoms with E-state index in [1.54, 1.807) is 12.1 Å². The number of aryl methyl sites for hydroxylation is 1. The summed E-state index contributed by atoms with van der Waals surface area (Å²) >= 11 is 6.16. The summed E-state index contributed by atoms with van der Waals surface area (Å²) in [5.41, 5.74) is 1.63. The molecule has 0 radical (unpaired) electrons. The van der Waals surface area contributed by atoms with Gasteiger partial charge in [-0.15, -0.1) is 0 Å². The van der Waals surface area contributed by atoms with Crippen molar-refractivity contribution in [1.82, 2.24) is 0 Å². The van der Waals surface area contributed by atoms with E-state index < -0.39 is 12.3 Å². The Morgan fingerprint density at radius 1 is 1.17 bits per heavy atom. The molecule has 3 rings (SSSR count). The predicted octanol–water partition coefficient (Wildman–Crippen LogP) is 6.03. The average molecular weight is 355 g/mol. The second kappa shape index (κ2) is 6.40. The number of hydrogen-bond acceptors (Lipinski definition) is 2. The monoisotopic (exact) mass is 354 g/mol. The zero-order valence-corrected chi connectivity index (χ0v) is 13.5. The van der Waals surface area contributed by atoms with Gasteiger partial charge in [0.25, 0.3) is 0 Å². The molecular formula is C18H14ClF3O2. The Kier molecular flexibility index (Phi) is 4.45. The highest BCUT2D eigenvalue weighted by molar-refractivity contribution is 6.32. The van der Waals surface area contributed by atoms with E-state index in [0.717, 1.165) is 18.1 Å². The van der Waals surface area contributed by atoms with Crippen LogP contribution in [-0.2, 0) is 6.42 Å². The molecule has 6 heteroatoms. The Labute approximate surface area is 142 Å². The van der Waals surface area contributed by atoms with Gasteiger partial charge >= 0.3 is 6.18 Å². The lowest BCUT2D eigenvalue weighted by Gasteiger charge is -2.24. The summed E-state index contributed by atoms with van der Waals surface area (Å²) < 4.78 is 49.1. The number of rotatable bonds is 3. The first kappa shape index (κ1) is 16.7. The van der Waals surface area contributed by atoms with E-state index in [4.69, 9.17) is 21.1 Å². The minimum atomic E-state index is -4.47. The topological polar surface area (TPSA) is 18.5 Å². The Morgan fingerprint density at radius 3 is 2.50 bits per heavy atom. The van der Waals surface area contributed by atoms with Crippen molar-refractivity contribution in [2.75, 3.05) is 0 Å². The summed E-state index contributed by atoms with van der Waals surface area (Å²) in [7, 11) is 0. The summed E-state index contributed by atoms with van der Waals surface area (Å²) in [4.78, 5) is 0. The molecule has 2 aromatic rings.